The molecule has 142 valence electrons. The van der Waals surface area contributed by atoms with E-state index in [2.05, 4.69) is 29.0 Å². The first-order chi connectivity index (χ1) is 13.0. The van der Waals surface area contributed by atoms with E-state index in [4.69, 9.17) is 11.6 Å². The van der Waals surface area contributed by atoms with E-state index in [1.165, 1.54) is 18.2 Å². The van der Waals surface area contributed by atoms with Gasteiger partial charge in [0.2, 0.25) is 5.95 Å². The van der Waals surface area contributed by atoms with Crippen molar-refractivity contribution in [3.05, 3.63) is 58.9 Å². The Morgan fingerprint density at radius 3 is 2.63 bits per heavy atom. The summed E-state index contributed by atoms with van der Waals surface area (Å²) in [5, 5.41) is 2.80. The minimum atomic E-state index is -0.661. The Kier molecular flexibility index (Phi) is 6.08. The number of carbonyl (C=O) groups is 1. The van der Waals surface area contributed by atoms with Crippen LogP contribution in [-0.2, 0) is 6.54 Å². The lowest BCUT2D eigenvalue weighted by Gasteiger charge is -2.19. The van der Waals surface area contributed by atoms with Gasteiger partial charge in [0, 0.05) is 13.1 Å². The molecule has 0 aliphatic carbocycles. The van der Waals surface area contributed by atoms with E-state index in [1.807, 2.05) is 28.8 Å². The van der Waals surface area contributed by atoms with Crippen LogP contribution in [0.15, 0.2) is 42.5 Å². The lowest BCUT2D eigenvalue weighted by atomic mass is 10.2. The van der Waals surface area contributed by atoms with Crippen molar-refractivity contribution in [2.75, 3.05) is 25.0 Å². The van der Waals surface area contributed by atoms with Crippen molar-refractivity contribution in [1.82, 2.24) is 14.5 Å². The molecule has 0 fully saturated rings. The molecule has 2 aromatic carbocycles. The van der Waals surface area contributed by atoms with Crippen LogP contribution in [0.5, 0.6) is 0 Å². The van der Waals surface area contributed by atoms with Gasteiger partial charge in [-0.25, -0.2) is 9.37 Å². The molecule has 0 aliphatic heterocycles. The number of carbonyl (C=O) groups excluding carboxylic acids is 1. The molecule has 0 saturated carbocycles. The summed E-state index contributed by atoms with van der Waals surface area (Å²) in [6, 6.07) is 11.8. The Balaban J connectivity index is 1.93. The number of rotatable bonds is 7. The molecule has 7 heteroatoms. The fourth-order valence-corrected chi connectivity index (χ4v) is 3.31. The number of aromatic nitrogens is 2. The normalized spacial score (nSPS) is 11.3. The molecule has 0 atom stereocenters. The molecule has 1 N–H and O–H groups in total. The zero-order valence-electron chi connectivity index (χ0n) is 15.4. The summed E-state index contributed by atoms with van der Waals surface area (Å²) in [6.45, 7) is 7.57. The number of para-hydroxylation sites is 2. The maximum absolute atomic E-state index is 14.1. The van der Waals surface area contributed by atoms with Crippen molar-refractivity contribution in [1.29, 1.82) is 0 Å². The quantitative estimate of drug-likeness (QED) is 0.651. The molecule has 27 heavy (non-hydrogen) atoms. The van der Waals surface area contributed by atoms with Gasteiger partial charge in [-0.05, 0) is 37.4 Å². The smallest absolute Gasteiger partial charge is 0.262 e. The molecule has 1 amide bonds. The number of hydrogen-bond acceptors (Lipinski definition) is 3. The second kappa shape index (κ2) is 8.50. The monoisotopic (exact) mass is 388 g/mol. The molecule has 3 rings (SSSR count). The molecular weight excluding hydrogens is 367 g/mol. The van der Waals surface area contributed by atoms with Crippen LogP contribution >= 0.6 is 11.6 Å². The van der Waals surface area contributed by atoms with Crippen LogP contribution in [0.2, 0.25) is 5.02 Å². The molecule has 0 radical (unpaired) electrons. The number of hydrogen-bond donors (Lipinski definition) is 1. The van der Waals surface area contributed by atoms with E-state index in [9.17, 15) is 9.18 Å². The van der Waals surface area contributed by atoms with Crippen molar-refractivity contribution in [3.8, 4) is 0 Å². The molecule has 0 unspecified atom stereocenters. The molecule has 0 spiro atoms. The van der Waals surface area contributed by atoms with Gasteiger partial charge in [-0.15, -0.1) is 0 Å². The highest BCUT2D eigenvalue weighted by Crippen LogP contribution is 2.23. The Morgan fingerprint density at radius 1 is 1.19 bits per heavy atom. The third-order valence-corrected chi connectivity index (χ3v) is 4.92. The van der Waals surface area contributed by atoms with E-state index < -0.39 is 11.7 Å². The summed E-state index contributed by atoms with van der Waals surface area (Å²) in [7, 11) is 0. The Hall–Kier alpha value is -2.44. The lowest BCUT2D eigenvalue weighted by molar-refractivity contribution is 0.102. The maximum Gasteiger partial charge on any atom is 0.262 e. The number of fused-ring (bicyclic) bond motifs is 1. The largest absolute Gasteiger partial charge is 0.309 e. The summed E-state index contributed by atoms with van der Waals surface area (Å²) in [5.74, 6) is -0.893. The summed E-state index contributed by atoms with van der Waals surface area (Å²) >= 11 is 6.01. The molecule has 3 aromatic rings. The third kappa shape index (κ3) is 4.12. The van der Waals surface area contributed by atoms with Gasteiger partial charge in [0.15, 0.2) is 0 Å². The van der Waals surface area contributed by atoms with Crippen molar-refractivity contribution in [2.45, 2.75) is 20.4 Å². The Labute approximate surface area is 162 Å². The minimum Gasteiger partial charge on any atom is -0.309 e. The van der Waals surface area contributed by atoms with Gasteiger partial charge in [-0.2, -0.15) is 0 Å². The van der Waals surface area contributed by atoms with Crippen LogP contribution < -0.4 is 5.32 Å². The number of amides is 1. The number of benzene rings is 2. The molecule has 1 aromatic heterocycles. The Bertz CT molecular complexity index is 932. The number of imidazole rings is 1. The third-order valence-electron chi connectivity index (χ3n) is 4.60. The van der Waals surface area contributed by atoms with Gasteiger partial charge in [-0.1, -0.05) is 43.6 Å². The number of halogens is 2. The van der Waals surface area contributed by atoms with Crippen molar-refractivity contribution in [3.63, 3.8) is 0 Å². The zero-order valence-corrected chi connectivity index (χ0v) is 16.1. The van der Waals surface area contributed by atoms with Gasteiger partial charge in [0.25, 0.3) is 5.91 Å². The molecule has 5 nitrogen and oxygen atoms in total. The van der Waals surface area contributed by atoms with E-state index in [0.717, 1.165) is 30.7 Å². The molecule has 0 aliphatic rings. The second-order valence-electron chi connectivity index (χ2n) is 6.15. The first kappa shape index (κ1) is 19.3. The number of nitrogens with one attached hydrogen (secondary N) is 1. The lowest BCUT2D eigenvalue weighted by Crippen LogP contribution is -2.28. The first-order valence-electron chi connectivity index (χ1n) is 8.98. The van der Waals surface area contributed by atoms with Gasteiger partial charge in [0.1, 0.15) is 5.82 Å². The van der Waals surface area contributed by atoms with Crippen molar-refractivity contribution in [2.24, 2.45) is 0 Å². The maximum atomic E-state index is 14.1. The number of anilines is 1. The first-order valence-corrected chi connectivity index (χ1v) is 9.35. The fraction of sp³-hybridized carbons (Fsp3) is 0.300. The van der Waals surface area contributed by atoms with Crippen LogP contribution in [0.4, 0.5) is 10.3 Å². The van der Waals surface area contributed by atoms with Crippen molar-refractivity contribution < 1.29 is 9.18 Å². The zero-order chi connectivity index (χ0) is 19.4. The minimum absolute atomic E-state index is 0.0679. The van der Waals surface area contributed by atoms with Crippen LogP contribution in [0.3, 0.4) is 0 Å². The molecule has 1 heterocycles. The molecular formula is C20H22ClFN4O. The summed E-state index contributed by atoms with van der Waals surface area (Å²) < 4.78 is 16.0. The van der Waals surface area contributed by atoms with Gasteiger partial charge in [0.05, 0.1) is 21.6 Å². The summed E-state index contributed by atoms with van der Waals surface area (Å²) in [4.78, 5) is 19.4. The van der Waals surface area contributed by atoms with Gasteiger partial charge in [-0.3, -0.25) is 10.1 Å². The highest BCUT2D eigenvalue weighted by Gasteiger charge is 2.19. The van der Waals surface area contributed by atoms with E-state index >= 15 is 0 Å². The Morgan fingerprint density at radius 2 is 1.93 bits per heavy atom. The summed E-state index contributed by atoms with van der Waals surface area (Å²) in [6.07, 6.45) is 0. The fourth-order valence-electron chi connectivity index (χ4n) is 3.06. The van der Waals surface area contributed by atoms with E-state index in [-0.39, 0.29) is 10.6 Å². The number of likely N-dealkylation sites (N-methyl/N-ethyl adjacent to an activating group) is 1. The highest BCUT2D eigenvalue weighted by atomic mass is 35.5. The van der Waals surface area contributed by atoms with Gasteiger partial charge >= 0.3 is 0 Å². The van der Waals surface area contributed by atoms with E-state index in [0.29, 0.717) is 12.5 Å². The average molecular weight is 389 g/mol. The predicted octanol–water partition coefficient (Wildman–Crippen LogP) is 4.42. The van der Waals surface area contributed by atoms with Crippen LogP contribution in [0.1, 0.15) is 24.2 Å². The molecule has 0 saturated heterocycles. The average Bonchev–Trinajstić information content (AvgIpc) is 2.99. The van der Waals surface area contributed by atoms with Gasteiger partial charge < -0.3 is 9.47 Å². The predicted molar refractivity (Wildman–Crippen MR) is 107 cm³/mol. The SMILES string of the molecule is CCN(CC)CCn1c(NC(=O)c2c(F)cccc2Cl)nc2ccccc21. The number of nitrogens with zero attached hydrogens (tertiary/aromatic N) is 3. The summed E-state index contributed by atoms with van der Waals surface area (Å²) in [5.41, 5.74) is 1.51. The second-order valence-corrected chi connectivity index (χ2v) is 6.56. The topological polar surface area (TPSA) is 50.2 Å². The highest BCUT2D eigenvalue weighted by molar-refractivity contribution is 6.34. The van der Waals surface area contributed by atoms with Crippen LogP contribution in [-0.4, -0.2) is 40.0 Å². The van der Waals surface area contributed by atoms with Crippen LogP contribution in [0, 0.1) is 5.82 Å². The molecule has 0 bridgehead atoms. The van der Waals surface area contributed by atoms with E-state index in [1.54, 1.807) is 0 Å². The van der Waals surface area contributed by atoms with Crippen molar-refractivity contribution >= 4 is 34.5 Å². The standard InChI is InChI=1S/C20H22ClFN4O/c1-3-25(4-2)12-13-26-17-11-6-5-10-16(17)23-20(26)24-19(27)18-14(21)8-7-9-15(18)22/h5-11H,3-4,12-13H2,1-2H3,(H,23,24,27). The van der Waals surface area contributed by atoms with Crippen LogP contribution in [0.25, 0.3) is 11.0 Å².